The van der Waals surface area contributed by atoms with Crippen LogP contribution in [0.3, 0.4) is 0 Å². The third kappa shape index (κ3) is 12.6. The van der Waals surface area contributed by atoms with Crippen LogP contribution in [0.25, 0.3) is 56.5 Å². The summed E-state index contributed by atoms with van der Waals surface area (Å²) in [6.45, 7) is 6.95. The highest BCUT2D eigenvalue weighted by atomic mass is 79.9. The van der Waals surface area contributed by atoms with Gasteiger partial charge in [-0.15, -0.1) is 47.3 Å². The molecule has 2 saturated carbocycles. The fraction of sp³-hybridized carbons (Fsp3) is 0.379. The Morgan fingerprint density at radius 3 is 1.51 bits per heavy atom. The molecular weight excluding hydrogens is 1260 g/mol. The molecule has 25 heteroatoms. The maximum Gasteiger partial charge on any atom is 0.369 e. The summed E-state index contributed by atoms with van der Waals surface area (Å²) in [5.41, 5.74) is 5.40. The summed E-state index contributed by atoms with van der Waals surface area (Å²) < 4.78 is 32.8. The second kappa shape index (κ2) is 24.5. The van der Waals surface area contributed by atoms with E-state index in [0.29, 0.717) is 103 Å². The lowest BCUT2D eigenvalue weighted by Crippen LogP contribution is -2.45. The number of rotatable bonds is 11. The van der Waals surface area contributed by atoms with Gasteiger partial charge in [0.05, 0.1) is 29.2 Å². The summed E-state index contributed by atoms with van der Waals surface area (Å²) in [5.74, 6) is 7.43. The number of hydrogen-bond acceptors (Lipinski definition) is 17. The third-order valence-corrected chi connectivity index (χ3v) is 15.2. The summed E-state index contributed by atoms with van der Waals surface area (Å²) in [6.07, 6.45) is 11.3. The van der Waals surface area contributed by atoms with Crippen molar-refractivity contribution in [3.63, 3.8) is 0 Å². The number of nitrogens with zero attached hydrogens (tertiary/aromatic N) is 10. The summed E-state index contributed by atoms with van der Waals surface area (Å²) in [5, 5.41) is 27.4. The molecule has 4 aromatic carbocycles. The van der Waals surface area contributed by atoms with E-state index in [1.54, 1.807) is 25.6 Å². The van der Waals surface area contributed by atoms with Gasteiger partial charge in [-0.25, -0.2) is 19.9 Å². The van der Waals surface area contributed by atoms with Gasteiger partial charge < -0.3 is 54.3 Å². The minimum absolute atomic E-state index is 0.0505. The molecular formula is C58H60BBr3N12O9. The van der Waals surface area contributed by atoms with Crippen molar-refractivity contribution in [1.82, 2.24) is 48.8 Å². The number of aryl methyl sites for hydroxylation is 1. The number of fused-ring (bicyclic) bond motifs is 4. The van der Waals surface area contributed by atoms with Gasteiger partial charge >= 0.3 is 3.18 Å². The second-order valence-electron chi connectivity index (χ2n) is 21.2. The number of anilines is 2. The molecule has 4 aliphatic heterocycles. The molecule has 0 bridgehead atoms. The number of phenolic OH excluding ortho intramolecular Hbond substituents is 2. The number of ether oxygens (including phenoxy) is 5. The molecule has 14 rings (SSSR count). The molecule has 6 aliphatic rings. The summed E-state index contributed by atoms with van der Waals surface area (Å²) in [6, 6.07) is 22.2. The van der Waals surface area contributed by atoms with Crippen LogP contribution >= 0.6 is 47.3 Å². The van der Waals surface area contributed by atoms with Crippen LogP contribution in [0.4, 0.5) is 11.9 Å². The predicted octanol–water partition coefficient (Wildman–Crippen LogP) is 10.0. The topological polar surface area (TPSA) is 238 Å². The van der Waals surface area contributed by atoms with Crippen molar-refractivity contribution in [3.8, 4) is 74.7 Å². The molecule has 21 nitrogen and oxygen atoms in total. The minimum Gasteiger partial charge on any atom is -0.504 e. The Kier molecular flexibility index (Phi) is 16.5. The molecule has 0 radical (unpaired) electrons. The Hall–Kier alpha value is -7.38. The Morgan fingerprint density at radius 1 is 0.590 bits per heavy atom. The van der Waals surface area contributed by atoms with Crippen LogP contribution < -0.4 is 34.3 Å². The molecule has 2 aliphatic carbocycles. The number of imidazole rings is 2. The first-order chi connectivity index (χ1) is 40.3. The predicted molar refractivity (Wildman–Crippen MR) is 325 cm³/mol. The number of piperidine rings is 2. The fourth-order valence-corrected chi connectivity index (χ4v) is 11.0. The summed E-state index contributed by atoms with van der Waals surface area (Å²) >= 11 is 9.31. The fourth-order valence-electron chi connectivity index (χ4n) is 11.0. The third-order valence-electron chi connectivity index (χ3n) is 15.2. The Labute approximate surface area is 503 Å². The highest BCUT2D eigenvalue weighted by Gasteiger charge is 2.37. The maximum atomic E-state index is 12.7. The van der Waals surface area contributed by atoms with Gasteiger partial charge in [0.2, 0.25) is 23.7 Å². The number of halogens is 3. The first kappa shape index (κ1) is 56.1. The van der Waals surface area contributed by atoms with E-state index in [4.69, 9.17) is 43.6 Å². The smallest absolute Gasteiger partial charge is 0.369 e. The van der Waals surface area contributed by atoms with Crippen molar-refractivity contribution in [3.05, 3.63) is 90.8 Å². The quantitative estimate of drug-likeness (QED) is 0.0696. The van der Waals surface area contributed by atoms with Gasteiger partial charge in [0.1, 0.15) is 55.5 Å². The Bertz CT molecular complexity index is 3730. The largest absolute Gasteiger partial charge is 0.504 e. The van der Waals surface area contributed by atoms with Gasteiger partial charge in [0.25, 0.3) is 0 Å². The van der Waals surface area contributed by atoms with E-state index in [9.17, 15) is 19.8 Å². The van der Waals surface area contributed by atoms with E-state index < -0.39 is 0 Å². The molecule has 4 aromatic heterocycles. The van der Waals surface area contributed by atoms with Crippen molar-refractivity contribution in [1.29, 1.82) is 0 Å². The molecule has 4 fully saturated rings. The lowest BCUT2D eigenvalue weighted by Gasteiger charge is -2.33. The zero-order valence-electron chi connectivity index (χ0n) is 45.6. The van der Waals surface area contributed by atoms with Crippen molar-refractivity contribution in [2.45, 2.75) is 70.4 Å². The zero-order chi connectivity index (χ0) is 57.3. The number of hydrogen-bond donors (Lipinski definition) is 4. The van der Waals surface area contributed by atoms with Gasteiger partial charge in [-0.3, -0.25) is 18.7 Å². The highest BCUT2D eigenvalue weighted by Crippen LogP contribution is 2.41. The van der Waals surface area contributed by atoms with Crippen LogP contribution in [0, 0.1) is 18.8 Å². The highest BCUT2D eigenvalue weighted by molar-refractivity contribution is 9.69. The summed E-state index contributed by atoms with van der Waals surface area (Å²) in [7, 11) is 1.67. The van der Waals surface area contributed by atoms with Gasteiger partial charge in [-0.1, -0.05) is 0 Å². The number of aromatic hydroxyl groups is 2. The number of carbonyl (C=O) groups is 2. The first-order valence-corrected chi connectivity index (χ1v) is 30.6. The van der Waals surface area contributed by atoms with Crippen LogP contribution in [-0.2, 0) is 9.59 Å². The number of amides is 2. The average Bonchev–Trinajstić information content (AvgIpc) is 4.34. The van der Waals surface area contributed by atoms with Crippen molar-refractivity contribution in [2.75, 3.05) is 70.3 Å². The molecule has 8 heterocycles. The molecule has 8 aromatic rings. The minimum atomic E-state index is -0.257. The monoisotopic (exact) mass is 1320 g/mol. The van der Waals surface area contributed by atoms with Crippen LogP contribution in [0.2, 0.25) is 0 Å². The normalized spacial score (nSPS) is 18.1. The van der Waals surface area contributed by atoms with Crippen LogP contribution in [0.5, 0.6) is 40.2 Å². The van der Waals surface area contributed by atoms with E-state index in [-0.39, 0.29) is 44.5 Å². The van der Waals surface area contributed by atoms with Gasteiger partial charge in [0.15, 0.2) is 34.5 Å². The van der Waals surface area contributed by atoms with E-state index in [2.05, 4.69) is 73.9 Å². The van der Waals surface area contributed by atoms with Crippen molar-refractivity contribution in [2.24, 2.45) is 11.8 Å². The second-order valence-corrected chi connectivity index (χ2v) is 27.6. The Balaban J connectivity index is 0.000000154. The van der Waals surface area contributed by atoms with Gasteiger partial charge in [-0.05, 0) is 118 Å². The number of carbonyl (C=O) groups excluding carboxylic acids is 2. The van der Waals surface area contributed by atoms with E-state index in [0.717, 1.165) is 110 Å². The lowest BCUT2D eigenvalue weighted by molar-refractivity contribution is -0.134. The lowest BCUT2D eigenvalue weighted by atomic mass is 10.1. The van der Waals surface area contributed by atoms with Gasteiger partial charge in [-0.2, -0.15) is 9.97 Å². The maximum absolute atomic E-state index is 12.7. The van der Waals surface area contributed by atoms with Crippen molar-refractivity contribution >= 4 is 96.2 Å². The average molecular weight is 1320 g/mol. The molecule has 2 saturated heterocycles. The van der Waals surface area contributed by atoms with Crippen molar-refractivity contribution < 1.29 is 43.5 Å². The SMILES string of the molecule is BrB(Br)Br.COc1cc2nc(-c3ccc4c(c3)OCCO4)n(-c3ccnc(N[C@@H]4CCCN(C(=O)C5CC5)C4)n3)c2cc1C.O=C(C1CC1)N1CCC[C@@H](Nc2nccc(-n3c(-c4ccc5c(c4)OCCO5)nc4cc(O)c(O)cc43)n2)C1. The first-order valence-electron chi connectivity index (χ1n) is 27.9. The Morgan fingerprint density at radius 2 is 1.04 bits per heavy atom. The number of benzene rings is 4. The molecule has 4 N–H and O–H groups in total. The number of methoxy groups -OCH3 is 1. The number of phenols is 2. The zero-order valence-corrected chi connectivity index (χ0v) is 50.4. The number of nitrogens with one attached hydrogen (secondary N) is 2. The van der Waals surface area contributed by atoms with Crippen LogP contribution in [0.15, 0.2) is 85.2 Å². The number of likely N-dealkylation sites (tertiary alicyclic amines) is 2. The molecule has 430 valence electrons. The molecule has 2 amide bonds. The van der Waals surface area contributed by atoms with Gasteiger partial charge in [0, 0.05) is 91.8 Å². The number of aromatic nitrogens is 8. The molecule has 2 atom stereocenters. The molecule has 83 heavy (non-hydrogen) atoms. The standard InChI is InChI=1S/C30H32N6O4.C28H28N6O5.BBr3/c1-18-14-23-22(16-25(18)38-2)33-28(20-7-8-24-26(15-20)40-13-12-39-24)36(23)27-9-10-31-30(34-27)32-21-4-3-11-35(17-21)29(37)19-5-6-19;35-21-13-19-20(14-22(21)36)34(26(31-19)17-5-6-23-24(12-17)39-11-10-38-23)25-7-8-29-28(32-25)30-18-2-1-9-33(15-18)27(37)16-3-4-16;2-1(3)4/h7-10,14-16,19,21H,3-6,11-13,17H2,1-2H3,(H,31,32,34);5-8,12-14,16,18,35-36H,1-4,9-11,15H2,(H,29,30,32);/t21-;18-;/m11./s1. The molecule has 0 unspecified atom stereocenters. The van der Waals surface area contributed by atoms with E-state index >= 15 is 0 Å². The van der Waals surface area contributed by atoms with Crippen LogP contribution in [0.1, 0.15) is 56.9 Å². The van der Waals surface area contributed by atoms with E-state index in [1.807, 2.05) is 74.4 Å². The van der Waals surface area contributed by atoms with Crippen LogP contribution in [-0.4, -0.2) is 146 Å². The van der Waals surface area contributed by atoms with E-state index in [1.165, 1.54) is 12.1 Å². The molecule has 0 spiro atoms. The summed E-state index contributed by atoms with van der Waals surface area (Å²) in [4.78, 5) is 57.7.